The van der Waals surface area contributed by atoms with Crippen molar-refractivity contribution >= 4 is 6.03 Å². The molecule has 0 aromatic carbocycles. The van der Waals surface area contributed by atoms with Gasteiger partial charge < -0.3 is 26.6 Å². The van der Waals surface area contributed by atoms with Crippen LogP contribution in [0.2, 0.25) is 0 Å². The normalized spacial score (nSPS) is 28.1. The van der Waals surface area contributed by atoms with Crippen LogP contribution in [0.15, 0.2) is 49.0 Å². The van der Waals surface area contributed by atoms with E-state index in [4.69, 9.17) is 12.3 Å². The van der Waals surface area contributed by atoms with Crippen LogP contribution in [0, 0.1) is 34.0 Å². The second-order valence-electron chi connectivity index (χ2n) is 16.1. The van der Waals surface area contributed by atoms with E-state index in [1.54, 1.807) is 0 Å². The molecule has 5 N–H and O–H groups in total. The Bertz CT molecular complexity index is 1070. The predicted octanol–water partition coefficient (Wildman–Crippen LogP) is 7.22. The summed E-state index contributed by atoms with van der Waals surface area (Å²) in [4.78, 5) is 16.1. The van der Waals surface area contributed by atoms with Crippen LogP contribution in [0.3, 0.4) is 0 Å². The third kappa shape index (κ3) is 6.73. The van der Waals surface area contributed by atoms with Gasteiger partial charge in [-0.15, -0.1) is 0 Å². The first-order valence-corrected chi connectivity index (χ1v) is 16.6. The fourth-order valence-electron chi connectivity index (χ4n) is 8.23. The van der Waals surface area contributed by atoms with Crippen molar-refractivity contribution in [2.75, 3.05) is 6.54 Å². The molecule has 1 heterocycles. The maximum Gasteiger partial charge on any atom is 0.315 e. The molecule has 42 heavy (non-hydrogen) atoms. The Morgan fingerprint density at radius 3 is 2.14 bits per heavy atom. The number of hydrogen-bond donors (Lipinski definition) is 4. The fraction of sp³-hybridized carbons (Fsp3) is 0.750. The first-order valence-electron chi connectivity index (χ1n) is 16.6. The molecular weight excluding hydrogens is 518 g/mol. The largest absolute Gasteiger partial charge is 0.399 e. The molecule has 6 nitrogen and oxygen atoms in total. The average molecular weight is 580 g/mol. The summed E-state index contributed by atoms with van der Waals surface area (Å²) in [7, 11) is 0. The summed E-state index contributed by atoms with van der Waals surface area (Å²) in [5.41, 5.74) is 9.78. The van der Waals surface area contributed by atoms with Crippen LogP contribution in [0.4, 0.5) is 4.79 Å². The number of nitrogens with one attached hydrogen (secondary N) is 3. The lowest BCUT2D eigenvalue weighted by atomic mass is 9.69. The molecule has 0 aromatic heterocycles. The first-order chi connectivity index (χ1) is 19.5. The average Bonchev–Trinajstić information content (AvgIpc) is 3.76. The predicted molar refractivity (Wildman–Crippen MR) is 176 cm³/mol. The molecular formula is C36H61N5O. The SMILES string of the molecule is C=C(N)C(=C)C(CC1CC1)NC(=C)C1[C@@H]2[C@H](CN1C(=C)C(NC(=O)NC(CC)C(C)(C)C)C1(C)CCCCC1)C2(C)C. The summed E-state index contributed by atoms with van der Waals surface area (Å²) in [6.45, 7) is 34.4. The zero-order valence-electron chi connectivity index (χ0n) is 27.9. The van der Waals surface area contributed by atoms with E-state index in [-0.39, 0.29) is 46.4 Å². The third-order valence-electron chi connectivity index (χ3n) is 11.5. The van der Waals surface area contributed by atoms with Crippen LogP contribution in [-0.2, 0) is 0 Å². The molecule has 0 radical (unpaired) electrons. The molecule has 1 aliphatic heterocycles. The van der Waals surface area contributed by atoms with E-state index in [0.717, 1.165) is 49.2 Å². The maximum absolute atomic E-state index is 13.6. The Hall–Kier alpha value is -2.37. The Morgan fingerprint density at radius 2 is 1.62 bits per heavy atom. The fourth-order valence-corrected chi connectivity index (χ4v) is 8.23. The van der Waals surface area contributed by atoms with Gasteiger partial charge in [-0.3, -0.25) is 0 Å². The Balaban J connectivity index is 1.59. The summed E-state index contributed by atoms with van der Waals surface area (Å²) in [5, 5.41) is 10.6. The highest BCUT2D eigenvalue weighted by Gasteiger charge is 2.68. The first kappa shape index (κ1) is 32.5. The van der Waals surface area contributed by atoms with Gasteiger partial charge in [0.15, 0.2) is 0 Å². The lowest BCUT2D eigenvalue weighted by Gasteiger charge is -2.47. The van der Waals surface area contributed by atoms with Gasteiger partial charge in [0.05, 0.1) is 18.1 Å². The molecule has 0 spiro atoms. The van der Waals surface area contributed by atoms with E-state index in [0.29, 0.717) is 23.5 Å². The van der Waals surface area contributed by atoms with Crippen molar-refractivity contribution in [3.05, 3.63) is 49.0 Å². The minimum atomic E-state index is -0.146. The second kappa shape index (κ2) is 12.0. The van der Waals surface area contributed by atoms with Crippen LogP contribution >= 0.6 is 0 Å². The molecule has 4 aliphatic rings. The van der Waals surface area contributed by atoms with Gasteiger partial charge in [-0.1, -0.05) is 107 Å². The van der Waals surface area contributed by atoms with Gasteiger partial charge in [0.2, 0.25) is 0 Å². The van der Waals surface area contributed by atoms with Crippen molar-refractivity contribution in [1.29, 1.82) is 0 Å². The van der Waals surface area contributed by atoms with Crippen molar-refractivity contribution in [2.24, 2.45) is 39.7 Å². The number of carbonyl (C=O) groups is 1. The number of urea groups is 1. The third-order valence-corrected chi connectivity index (χ3v) is 11.5. The molecule has 6 atom stereocenters. The van der Waals surface area contributed by atoms with E-state index < -0.39 is 0 Å². The van der Waals surface area contributed by atoms with Crippen molar-refractivity contribution < 1.29 is 4.79 Å². The monoisotopic (exact) mass is 579 g/mol. The maximum atomic E-state index is 13.6. The lowest BCUT2D eigenvalue weighted by Crippen LogP contribution is -2.57. The number of hydrogen-bond acceptors (Lipinski definition) is 4. The summed E-state index contributed by atoms with van der Waals surface area (Å²) in [5.74, 6) is 1.78. The van der Waals surface area contributed by atoms with Crippen LogP contribution in [0.1, 0.15) is 106 Å². The molecule has 0 aromatic rings. The topological polar surface area (TPSA) is 82.4 Å². The Morgan fingerprint density at radius 1 is 1.00 bits per heavy atom. The lowest BCUT2D eigenvalue weighted by molar-refractivity contribution is 0.128. The minimum absolute atomic E-state index is 0.0144. The molecule has 236 valence electrons. The second-order valence-corrected chi connectivity index (χ2v) is 16.1. The highest BCUT2D eigenvalue weighted by molar-refractivity contribution is 5.75. The quantitative estimate of drug-likeness (QED) is 0.174. The smallest absolute Gasteiger partial charge is 0.315 e. The molecule has 4 unspecified atom stereocenters. The number of carbonyl (C=O) groups excluding carboxylic acids is 1. The Labute approximate surface area is 257 Å². The molecule has 1 saturated heterocycles. The molecule has 4 fully saturated rings. The highest BCUT2D eigenvalue weighted by atomic mass is 16.2. The van der Waals surface area contributed by atoms with Crippen molar-refractivity contribution in [3.63, 3.8) is 0 Å². The van der Waals surface area contributed by atoms with Crippen LogP contribution in [0.5, 0.6) is 0 Å². The van der Waals surface area contributed by atoms with E-state index in [1.807, 2.05) is 0 Å². The van der Waals surface area contributed by atoms with Crippen LogP contribution in [0.25, 0.3) is 0 Å². The van der Waals surface area contributed by atoms with E-state index in [1.165, 1.54) is 32.1 Å². The van der Waals surface area contributed by atoms with Gasteiger partial charge in [0, 0.05) is 29.7 Å². The van der Waals surface area contributed by atoms with Crippen LogP contribution in [-0.4, -0.2) is 41.6 Å². The summed E-state index contributed by atoms with van der Waals surface area (Å²) < 4.78 is 0. The van der Waals surface area contributed by atoms with E-state index in [2.05, 4.69) is 89.1 Å². The number of rotatable bonds is 13. The molecule has 6 heteroatoms. The Kier molecular flexibility index (Phi) is 9.27. The summed E-state index contributed by atoms with van der Waals surface area (Å²) in [6, 6.07) is 0.00625. The van der Waals surface area contributed by atoms with E-state index in [9.17, 15) is 4.79 Å². The summed E-state index contributed by atoms with van der Waals surface area (Å²) >= 11 is 0. The minimum Gasteiger partial charge on any atom is -0.399 e. The highest BCUT2D eigenvalue weighted by Crippen LogP contribution is 2.66. The van der Waals surface area contributed by atoms with Gasteiger partial charge in [-0.25, -0.2) is 4.79 Å². The van der Waals surface area contributed by atoms with Crippen molar-refractivity contribution in [2.45, 2.75) is 130 Å². The molecule has 3 saturated carbocycles. The number of amides is 2. The number of nitrogens with zero attached hydrogens (tertiary/aromatic N) is 1. The van der Waals surface area contributed by atoms with Gasteiger partial charge in [-0.2, -0.15) is 0 Å². The zero-order valence-corrected chi connectivity index (χ0v) is 27.9. The molecule has 2 amide bonds. The van der Waals surface area contributed by atoms with Crippen molar-refractivity contribution in [1.82, 2.24) is 20.9 Å². The summed E-state index contributed by atoms with van der Waals surface area (Å²) in [6.07, 6.45) is 10.2. The number of likely N-dealkylation sites (tertiary alicyclic amines) is 1. The zero-order chi connectivity index (χ0) is 31.2. The number of fused-ring (bicyclic) bond motifs is 1. The van der Waals surface area contributed by atoms with Crippen molar-refractivity contribution in [3.8, 4) is 0 Å². The molecule has 0 bridgehead atoms. The van der Waals surface area contributed by atoms with Gasteiger partial charge >= 0.3 is 6.03 Å². The van der Waals surface area contributed by atoms with E-state index >= 15 is 0 Å². The van der Waals surface area contributed by atoms with Crippen LogP contribution < -0.4 is 21.7 Å². The number of nitrogens with two attached hydrogens (primary N) is 1. The standard InChI is InChI=1S/C36H61N5O/c1-12-29(34(6,7)8)39-33(42)40-32(36(11)18-14-13-15-19-36)25(5)41-21-27-30(35(27,9)10)31(41)24(4)38-28(20-26-16-17-26)22(2)23(3)37/h26-32,38H,2-5,12-21,37H2,1,6-11H3,(H2,39,40,42)/t27-,28?,29?,30-,31?,32?/m0/s1. The van der Waals surface area contributed by atoms with Gasteiger partial charge in [0.1, 0.15) is 0 Å². The number of piperidine rings is 1. The molecule has 3 aliphatic carbocycles. The van der Waals surface area contributed by atoms with Gasteiger partial charge in [0.25, 0.3) is 0 Å². The van der Waals surface area contributed by atoms with Gasteiger partial charge in [-0.05, 0) is 65.3 Å². The molecule has 4 rings (SSSR count).